The first-order valence-corrected chi connectivity index (χ1v) is 12.1. The van der Waals surface area contributed by atoms with Crippen LogP contribution in [0.5, 0.6) is 0 Å². The van der Waals surface area contributed by atoms with Crippen molar-refractivity contribution in [2.24, 2.45) is 10.2 Å². The number of likely N-dealkylation sites (tertiary alicyclic amines) is 1. The molecule has 1 aliphatic heterocycles. The third-order valence-corrected chi connectivity index (χ3v) is 5.95. The molecule has 0 bridgehead atoms. The number of aryl methyl sites for hydroxylation is 1. The van der Waals surface area contributed by atoms with Crippen molar-refractivity contribution in [3.8, 4) is 11.3 Å². The van der Waals surface area contributed by atoms with Crippen LogP contribution in [0.15, 0.2) is 28.6 Å². The zero-order valence-electron chi connectivity index (χ0n) is 21.8. The molecule has 14 heteroatoms. The van der Waals surface area contributed by atoms with Crippen LogP contribution in [-0.4, -0.2) is 76.2 Å². The number of azo groups is 1. The lowest BCUT2D eigenvalue weighted by atomic mass is 10.0. The van der Waals surface area contributed by atoms with Crippen molar-refractivity contribution in [1.29, 1.82) is 0 Å². The number of anilines is 2. The van der Waals surface area contributed by atoms with Crippen molar-refractivity contribution in [1.82, 2.24) is 24.5 Å². The highest BCUT2D eigenvalue weighted by Crippen LogP contribution is 2.33. The summed E-state index contributed by atoms with van der Waals surface area (Å²) in [4.78, 5) is 21.9. The van der Waals surface area contributed by atoms with E-state index in [1.807, 2.05) is 0 Å². The van der Waals surface area contributed by atoms with Gasteiger partial charge in [0.2, 0.25) is 18.3 Å². The lowest BCUT2D eigenvalue weighted by Crippen LogP contribution is -2.49. The van der Waals surface area contributed by atoms with Crippen LogP contribution in [0, 0.1) is 12.7 Å². The van der Waals surface area contributed by atoms with E-state index >= 15 is 4.39 Å². The maximum absolute atomic E-state index is 15.0. The van der Waals surface area contributed by atoms with Crippen LogP contribution in [0.1, 0.15) is 32.4 Å². The van der Waals surface area contributed by atoms with E-state index in [1.165, 1.54) is 29.5 Å². The number of carbonyl (C=O) groups is 1. The van der Waals surface area contributed by atoms with Gasteiger partial charge >= 0.3 is 0 Å². The van der Waals surface area contributed by atoms with Gasteiger partial charge in [-0.15, -0.1) is 5.10 Å². The van der Waals surface area contributed by atoms with Gasteiger partial charge in [-0.05, 0) is 25.5 Å². The number of rotatable bonds is 6. The number of nitrogens with one attached hydrogen (secondary N) is 2. The highest BCUT2D eigenvalue weighted by Gasteiger charge is 2.31. The first kappa shape index (κ1) is 28.7. The van der Waals surface area contributed by atoms with Gasteiger partial charge in [0.1, 0.15) is 17.4 Å². The van der Waals surface area contributed by atoms with E-state index in [2.05, 4.69) is 35.9 Å². The average molecular weight is 538 g/mol. The van der Waals surface area contributed by atoms with Gasteiger partial charge in [-0.1, -0.05) is 6.92 Å². The van der Waals surface area contributed by atoms with Gasteiger partial charge in [-0.2, -0.15) is 15.2 Å². The van der Waals surface area contributed by atoms with Gasteiger partial charge < -0.3 is 15.5 Å². The fraction of sp³-hybridized carbons (Fsp3) is 0.500. The van der Waals surface area contributed by atoms with Gasteiger partial charge in [0, 0.05) is 34.0 Å². The predicted molar refractivity (Wildman–Crippen MR) is 136 cm³/mol. The summed E-state index contributed by atoms with van der Waals surface area (Å²) in [5.74, 6) is -0.163. The molecule has 2 N–H and O–H groups in total. The van der Waals surface area contributed by atoms with Crippen LogP contribution in [0.3, 0.4) is 0 Å². The average Bonchev–Trinajstić information content (AvgIpc) is 3.21. The molecule has 0 saturated carbocycles. The van der Waals surface area contributed by atoms with Gasteiger partial charge in [0.15, 0.2) is 11.6 Å². The number of halogens is 4. The van der Waals surface area contributed by atoms with E-state index in [1.54, 1.807) is 33.2 Å². The Kier molecular flexibility index (Phi) is 9.53. The Hall–Kier alpha value is -3.84. The van der Waals surface area contributed by atoms with Crippen molar-refractivity contribution < 1.29 is 22.4 Å². The maximum Gasteiger partial charge on any atom is 0.243 e. The molecule has 3 aromatic heterocycles. The summed E-state index contributed by atoms with van der Waals surface area (Å²) in [6, 6.07) is 2.82. The highest BCUT2D eigenvalue weighted by atomic mass is 19.3. The lowest BCUT2D eigenvalue weighted by molar-refractivity contribution is -0.131. The fourth-order valence-corrected chi connectivity index (χ4v) is 3.96. The van der Waals surface area contributed by atoms with E-state index in [0.717, 1.165) is 0 Å². The van der Waals surface area contributed by atoms with Crippen molar-refractivity contribution in [2.75, 3.05) is 37.8 Å². The maximum atomic E-state index is 15.0. The molecule has 2 unspecified atom stereocenters. The second kappa shape index (κ2) is 12.6. The summed E-state index contributed by atoms with van der Waals surface area (Å²) in [6.07, 6.45) is -1.77. The van der Waals surface area contributed by atoms with Gasteiger partial charge in [0.25, 0.3) is 0 Å². The molecular formula is C24H31F4N9O. The number of pyridine rings is 1. The first-order valence-electron chi connectivity index (χ1n) is 12.1. The summed E-state index contributed by atoms with van der Waals surface area (Å²) < 4.78 is 52.6. The Balaban J connectivity index is 0.000000732. The van der Waals surface area contributed by atoms with E-state index in [0.29, 0.717) is 41.4 Å². The summed E-state index contributed by atoms with van der Waals surface area (Å²) in [6.45, 7) is 5.09. The first-order chi connectivity index (χ1) is 18.1. The van der Waals surface area contributed by atoms with Gasteiger partial charge in [-0.3, -0.25) is 9.78 Å². The second-order valence-electron chi connectivity index (χ2n) is 8.60. The normalized spacial score (nSPS) is 17.6. The molecule has 0 spiro atoms. The summed E-state index contributed by atoms with van der Waals surface area (Å²) >= 11 is 0. The quantitative estimate of drug-likeness (QED) is 0.337. The number of hydrogen-bond donors (Lipinski definition) is 2. The topological polar surface area (TPSA) is 112 Å². The number of amides is 1. The van der Waals surface area contributed by atoms with Crippen molar-refractivity contribution in [3.05, 3.63) is 29.8 Å². The molecule has 1 saturated heterocycles. The number of alkyl halides is 3. The molecule has 38 heavy (non-hydrogen) atoms. The minimum absolute atomic E-state index is 0.00897. The number of nitrogens with zero attached hydrogens (tertiary/aromatic N) is 7. The van der Waals surface area contributed by atoms with E-state index in [9.17, 15) is 18.0 Å². The molecule has 2 atom stereocenters. The molecular weight excluding hydrogens is 506 g/mol. The summed E-state index contributed by atoms with van der Waals surface area (Å²) in [7, 11) is 3.22. The zero-order chi connectivity index (χ0) is 28.0. The standard InChI is InChI=1S/C21H25F2N9O.C3H6F2/c1-11-15(29-25-4)5-6-17(26-11)18-14(23)10-32-19(18)20(24-3)28-21(30-32)27-16-7-8-31(12(2)33)9-13(16)22;1-2-3(4)5/h5-6,10,13,16H,7-9H2,1-4H3,(H2,24,27,28,30);3H,2H2,1H3. The van der Waals surface area contributed by atoms with Crippen LogP contribution in [0.2, 0.25) is 0 Å². The number of carbonyl (C=O) groups excluding carboxylic acids is 1. The lowest BCUT2D eigenvalue weighted by Gasteiger charge is -2.34. The van der Waals surface area contributed by atoms with Crippen molar-refractivity contribution >= 4 is 28.9 Å². The van der Waals surface area contributed by atoms with Crippen molar-refractivity contribution in [3.63, 3.8) is 0 Å². The van der Waals surface area contributed by atoms with Crippen LogP contribution in [0.25, 0.3) is 16.8 Å². The Bertz CT molecular complexity index is 1300. The molecule has 206 valence electrons. The Morgan fingerprint density at radius 2 is 2.00 bits per heavy atom. The number of fused-ring (bicyclic) bond motifs is 1. The molecule has 1 amide bonds. The molecule has 0 aromatic carbocycles. The molecule has 4 heterocycles. The monoisotopic (exact) mass is 537 g/mol. The number of hydrogen-bond acceptors (Lipinski definition) is 8. The Morgan fingerprint density at radius 3 is 2.55 bits per heavy atom. The fourth-order valence-electron chi connectivity index (χ4n) is 3.96. The largest absolute Gasteiger partial charge is 0.371 e. The second-order valence-corrected chi connectivity index (χ2v) is 8.60. The van der Waals surface area contributed by atoms with E-state index in [4.69, 9.17) is 0 Å². The Morgan fingerprint density at radius 1 is 1.29 bits per heavy atom. The SMILES string of the molecule is CCC(F)F.CN=Nc1ccc(-c2c(F)cn3nc(NC4CCN(C(C)=O)CC4F)nc(NC)c23)nc1C. The van der Waals surface area contributed by atoms with Crippen LogP contribution < -0.4 is 10.6 Å². The predicted octanol–water partition coefficient (Wildman–Crippen LogP) is 5.03. The minimum Gasteiger partial charge on any atom is -0.371 e. The molecule has 1 aliphatic rings. The molecule has 0 aliphatic carbocycles. The summed E-state index contributed by atoms with van der Waals surface area (Å²) in [5, 5.41) is 18.1. The summed E-state index contributed by atoms with van der Waals surface area (Å²) in [5.41, 5.74) is 2.25. The van der Waals surface area contributed by atoms with Crippen molar-refractivity contribution in [2.45, 2.75) is 52.3 Å². The number of aromatic nitrogens is 4. The molecule has 4 rings (SSSR count). The highest BCUT2D eigenvalue weighted by molar-refractivity contribution is 5.88. The third kappa shape index (κ3) is 6.53. The van der Waals surface area contributed by atoms with Crippen LogP contribution in [0.4, 0.5) is 35.0 Å². The molecule has 3 aromatic rings. The minimum atomic E-state index is -2.12. The third-order valence-electron chi connectivity index (χ3n) is 5.95. The molecule has 0 radical (unpaired) electrons. The Labute approximate surface area is 217 Å². The van der Waals surface area contributed by atoms with Crippen LogP contribution in [-0.2, 0) is 4.79 Å². The molecule has 1 fully saturated rings. The van der Waals surface area contributed by atoms with Crippen LogP contribution >= 0.6 is 0 Å². The van der Waals surface area contributed by atoms with Gasteiger partial charge in [0.05, 0.1) is 35.7 Å². The van der Waals surface area contributed by atoms with E-state index in [-0.39, 0.29) is 30.4 Å². The zero-order valence-corrected chi connectivity index (χ0v) is 21.8. The number of piperidine rings is 1. The van der Waals surface area contributed by atoms with Gasteiger partial charge in [-0.25, -0.2) is 22.1 Å². The smallest absolute Gasteiger partial charge is 0.243 e. The van der Waals surface area contributed by atoms with E-state index < -0.39 is 24.5 Å². The molecule has 10 nitrogen and oxygen atoms in total.